The quantitative estimate of drug-likeness (QED) is 0.522. The molecule has 25 heavy (non-hydrogen) atoms. The van der Waals surface area contributed by atoms with Crippen molar-refractivity contribution in [2.24, 2.45) is 4.99 Å². The molecule has 0 aliphatic carbocycles. The molecule has 0 atom stereocenters. The molecule has 1 aromatic heterocycles. The van der Waals surface area contributed by atoms with Gasteiger partial charge < -0.3 is 15.5 Å². The molecule has 0 bridgehead atoms. The van der Waals surface area contributed by atoms with E-state index in [2.05, 4.69) is 41.3 Å². The van der Waals surface area contributed by atoms with Crippen molar-refractivity contribution in [2.45, 2.75) is 65.3 Å². The summed E-state index contributed by atoms with van der Waals surface area (Å²) in [7, 11) is 0. The molecular weight excluding hydrogens is 330 g/mol. The number of hydrogen-bond acceptors (Lipinski definition) is 4. The van der Waals surface area contributed by atoms with Crippen molar-refractivity contribution in [3.05, 3.63) is 16.1 Å². The van der Waals surface area contributed by atoms with Crippen LogP contribution >= 0.6 is 11.3 Å². The Hall–Kier alpha value is -1.14. The van der Waals surface area contributed by atoms with Gasteiger partial charge in [-0.15, -0.1) is 11.3 Å². The second-order valence-electron chi connectivity index (χ2n) is 6.70. The minimum absolute atomic E-state index is 0.544. The van der Waals surface area contributed by atoms with Gasteiger partial charge in [-0.25, -0.2) is 4.98 Å². The number of likely N-dealkylation sites (tertiary alicyclic amines) is 1. The Morgan fingerprint density at radius 2 is 2.12 bits per heavy atom. The van der Waals surface area contributed by atoms with Crippen LogP contribution in [0.3, 0.4) is 0 Å². The highest BCUT2D eigenvalue weighted by Gasteiger charge is 2.19. The van der Waals surface area contributed by atoms with Crippen molar-refractivity contribution in [1.29, 1.82) is 0 Å². The maximum absolute atomic E-state index is 4.75. The fourth-order valence-electron chi connectivity index (χ4n) is 3.09. The summed E-state index contributed by atoms with van der Waals surface area (Å²) >= 11 is 1.81. The second kappa shape index (κ2) is 11.5. The molecule has 1 aromatic rings. The van der Waals surface area contributed by atoms with E-state index in [1.54, 1.807) is 0 Å². The number of aromatic nitrogens is 1. The van der Waals surface area contributed by atoms with Gasteiger partial charge in [0.25, 0.3) is 0 Å². The van der Waals surface area contributed by atoms with Crippen LogP contribution in [0.4, 0.5) is 0 Å². The van der Waals surface area contributed by atoms with E-state index in [0.29, 0.717) is 6.04 Å². The standard InChI is InChI=1S/C19H35N5S/c1-4-7-12-24-13-9-16(10-14-24)23-19(20-6-3)21-11-8-18-22-15-17(5-2)25-18/h15-16H,4-14H2,1-3H3,(H2,20,21,23). The number of thiazole rings is 1. The number of aryl methyl sites for hydroxylation is 1. The first kappa shape index (κ1) is 20.2. The monoisotopic (exact) mass is 365 g/mol. The Bertz CT molecular complexity index is 506. The molecule has 0 unspecified atom stereocenters. The van der Waals surface area contributed by atoms with Crippen molar-refractivity contribution in [3.8, 4) is 0 Å². The Morgan fingerprint density at radius 1 is 1.32 bits per heavy atom. The summed E-state index contributed by atoms with van der Waals surface area (Å²) in [6, 6.07) is 0.544. The molecule has 0 amide bonds. The number of nitrogens with zero attached hydrogens (tertiary/aromatic N) is 3. The third-order valence-corrected chi connectivity index (χ3v) is 5.85. The van der Waals surface area contributed by atoms with Crippen LogP contribution in [0.25, 0.3) is 0 Å². The first-order chi connectivity index (χ1) is 12.2. The third kappa shape index (κ3) is 7.32. The molecule has 0 saturated carbocycles. The Labute approximate surface area is 157 Å². The first-order valence-corrected chi connectivity index (χ1v) is 10.8. The third-order valence-electron chi connectivity index (χ3n) is 4.65. The van der Waals surface area contributed by atoms with Gasteiger partial charge in [0.05, 0.1) is 5.01 Å². The van der Waals surface area contributed by atoms with E-state index in [1.807, 2.05) is 17.5 Å². The average molecular weight is 366 g/mol. The van der Waals surface area contributed by atoms with E-state index in [0.717, 1.165) is 31.9 Å². The second-order valence-corrected chi connectivity index (χ2v) is 7.90. The van der Waals surface area contributed by atoms with Gasteiger partial charge in [0.2, 0.25) is 0 Å². The highest BCUT2D eigenvalue weighted by atomic mass is 32.1. The predicted molar refractivity (Wildman–Crippen MR) is 109 cm³/mol. The first-order valence-electron chi connectivity index (χ1n) is 9.95. The van der Waals surface area contributed by atoms with E-state index in [-0.39, 0.29) is 0 Å². The molecule has 2 heterocycles. The Morgan fingerprint density at radius 3 is 2.76 bits per heavy atom. The zero-order valence-electron chi connectivity index (χ0n) is 16.2. The number of piperidine rings is 1. The van der Waals surface area contributed by atoms with Crippen molar-refractivity contribution in [3.63, 3.8) is 0 Å². The summed E-state index contributed by atoms with van der Waals surface area (Å²) < 4.78 is 0. The maximum Gasteiger partial charge on any atom is 0.191 e. The lowest BCUT2D eigenvalue weighted by molar-refractivity contribution is 0.203. The van der Waals surface area contributed by atoms with Crippen LogP contribution in [0.5, 0.6) is 0 Å². The topological polar surface area (TPSA) is 52.5 Å². The van der Waals surface area contributed by atoms with Gasteiger partial charge >= 0.3 is 0 Å². The number of unbranched alkanes of at least 4 members (excludes halogenated alkanes) is 1. The minimum Gasteiger partial charge on any atom is -0.357 e. The fraction of sp³-hybridized carbons (Fsp3) is 0.789. The Kier molecular flexibility index (Phi) is 9.26. The maximum atomic E-state index is 4.75. The molecule has 0 radical (unpaired) electrons. The van der Waals surface area contributed by atoms with E-state index in [9.17, 15) is 0 Å². The van der Waals surface area contributed by atoms with Crippen LogP contribution in [0.2, 0.25) is 0 Å². The summed E-state index contributed by atoms with van der Waals surface area (Å²) in [6.45, 7) is 11.9. The van der Waals surface area contributed by atoms with Crippen molar-refractivity contribution >= 4 is 17.3 Å². The summed E-state index contributed by atoms with van der Waals surface area (Å²) in [5.41, 5.74) is 0. The van der Waals surface area contributed by atoms with Gasteiger partial charge in [-0.2, -0.15) is 0 Å². The largest absolute Gasteiger partial charge is 0.357 e. The van der Waals surface area contributed by atoms with Gasteiger partial charge in [0.1, 0.15) is 0 Å². The molecule has 2 N–H and O–H groups in total. The average Bonchev–Trinajstić information content (AvgIpc) is 3.09. The molecule has 6 heteroatoms. The van der Waals surface area contributed by atoms with E-state index in [1.165, 1.54) is 55.2 Å². The summed E-state index contributed by atoms with van der Waals surface area (Å²) in [5, 5.41) is 8.21. The SMILES string of the molecule is CCCCN1CCC(NC(=NCCc2ncc(CC)s2)NCC)CC1. The fourth-order valence-corrected chi connectivity index (χ4v) is 3.94. The lowest BCUT2D eigenvalue weighted by atomic mass is 10.0. The Balaban J connectivity index is 1.75. The molecule has 0 aromatic carbocycles. The molecular formula is C19H35N5S. The van der Waals surface area contributed by atoms with Crippen LogP contribution < -0.4 is 10.6 Å². The van der Waals surface area contributed by atoms with Crippen LogP contribution in [0, 0.1) is 0 Å². The number of rotatable bonds is 9. The van der Waals surface area contributed by atoms with Gasteiger partial charge in [0.15, 0.2) is 5.96 Å². The van der Waals surface area contributed by atoms with Crippen LogP contribution in [0.1, 0.15) is 56.3 Å². The summed E-state index contributed by atoms with van der Waals surface area (Å²) in [5.74, 6) is 0.960. The summed E-state index contributed by atoms with van der Waals surface area (Å²) in [6.07, 6.45) is 9.02. The molecule has 142 valence electrons. The number of hydrogen-bond donors (Lipinski definition) is 2. The molecule has 0 spiro atoms. The van der Waals surface area contributed by atoms with Gasteiger partial charge in [-0.3, -0.25) is 4.99 Å². The van der Waals surface area contributed by atoms with Gasteiger partial charge in [-0.05, 0) is 39.2 Å². The normalized spacial score (nSPS) is 17.0. The lowest BCUT2D eigenvalue weighted by Crippen LogP contribution is -2.48. The zero-order valence-corrected chi connectivity index (χ0v) is 17.0. The number of nitrogens with one attached hydrogen (secondary N) is 2. The smallest absolute Gasteiger partial charge is 0.191 e. The molecule has 2 rings (SSSR count). The van der Waals surface area contributed by atoms with Gasteiger partial charge in [-0.1, -0.05) is 20.3 Å². The van der Waals surface area contributed by atoms with Crippen LogP contribution in [-0.4, -0.2) is 54.6 Å². The van der Waals surface area contributed by atoms with Crippen molar-refractivity contribution in [1.82, 2.24) is 20.5 Å². The predicted octanol–water partition coefficient (Wildman–Crippen LogP) is 3.07. The van der Waals surface area contributed by atoms with E-state index in [4.69, 9.17) is 4.99 Å². The molecule has 1 aliphatic heterocycles. The van der Waals surface area contributed by atoms with E-state index < -0.39 is 0 Å². The molecule has 5 nitrogen and oxygen atoms in total. The highest BCUT2D eigenvalue weighted by molar-refractivity contribution is 7.11. The highest BCUT2D eigenvalue weighted by Crippen LogP contribution is 2.14. The van der Waals surface area contributed by atoms with E-state index >= 15 is 0 Å². The minimum atomic E-state index is 0.544. The summed E-state index contributed by atoms with van der Waals surface area (Å²) in [4.78, 5) is 13.2. The van der Waals surface area contributed by atoms with Crippen LogP contribution in [0.15, 0.2) is 11.2 Å². The van der Waals surface area contributed by atoms with Gasteiger partial charge in [0, 0.05) is 49.7 Å². The van der Waals surface area contributed by atoms with Crippen molar-refractivity contribution < 1.29 is 0 Å². The number of aliphatic imine (C=N–C) groups is 1. The number of guanidine groups is 1. The molecule has 1 fully saturated rings. The molecule has 1 aliphatic rings. The van der Waals surface area contributed by atoms with Crippen LogP contribution in [-0.2, 0) is 12.8 Å². The molecule has 1 saturated heterocycles. The lowest BCUT2D eigenvalue weighted by Gasteiger charge is -2.33. The van der Waals surface area contributed by atoms with Crippen molar-refractivity contribution in [2.75, 3.05) is 32.7 Å². The zero-order chi connectivity index (χ0) is 17.9.